The normalized spacial score (nSPS) is 49.2. The second kappa shape index (κ2) is 5.74. The molecule has 134 valence electrons. The van der Waals surface area contributed by atoms with E-state index in [9.17, 15) is 4.79 Å². The Morgan fingerprint density at radius 1 is 1.12 bits per heavy atom. The Labute approximate surface area is 146 Å². The highest BCUT2D eigenvalue weighted by Gasteiger charge is 2.57. The zero-order chi connectivity index (χ0) is 16.9. The van der Waals surface area contributed by atoms with Gasteiger partial charge >= 0.3 is 6.03 Å². The van der Waals surface area contributed by atoms with Crippen molar-refractivity contribution in [2.75, 3.05) is 0 Å². The van der Waals surface area contributed by atoms with Crippen LogP contribution in [0.3, 0.4) is 0 Å². The SMILES string of the molecule is C[C@@]12CCC[C@H]1[C@@H]1CC[C@H]3C/C(=N/NC(N)=O)CC[C@]3(C)[C@H]1CC2. The third-order valence-corrected chi connectivity index (χ3v) is 8.60. The van der Waals surface area contributed by atoms with E-state index in [1.54, 1.807) is 0 Å². The molecule has 4 fully saturated rings. The van der Waals surface area contributed by atoms with E-state index >= 15 is 0 Å². The second-order valence-corrected chi connectivity index (χ2v) is 9.60. The number of amides is 2. The minimum atomic E-state index is -0.549. The van der Waals surface area contributed by atoms with E-state index in [0.29, 0.717) is 10.8 Å². The molecule has 4 nitrogen and oxygen atoms in total. The first kappa shape index (κ1) is 16.4. The predicted molar refractivity (Wildman–Crippen MR) is 96.5 cm³/mol. The highest BCUT2D eigenvalue weighted by Crippen LogP contribution is 2.65. The largest absolute Gasteiger partial charge is 0.350 e. The number of hydrogen-bond donors (Lipinski definition) is 2. The van der Waals surface area contributed by atoms with Gasteiger partial charge in [-0.2, -0.15) is 5.10 Å². The van der Waals surface area contributed by atoms with E-state index in [1.165, 1.54) is 51.4 Å². The standard InChI is InChI=1S/C20H33N3O/c1-19-9-3-4-16(19)15-6-5-13-12-14(22-23-18(21)24)7-11-20(13,2)17(15)8-10-19/h13,15-17H,3-12H2,1-2H3,(H3,21,23,24)/b22-14+/t13-,15-,16-,17-,19-,20-/m0/s1. The molecule has 0 saturated heterocycles. The summed E-state index contributed by atoms with van der Waals surface area (Å²) in [6.45, 7) is 5.15. The highest BCUT2D eigenvalue weighted by atomic mass is 16.2. The minimum absolute atomic E-state index is 0.485. The number of carbonyl (C=O) groups is 1. The lowest BCUT2D eigenvalue weighted by Crippen LogP contribution is -2.52. The Bertz CT molecular complexity index is 559. The van der Waals surface area contributed by atoms with Crippen LogP contribution in [-0.2, 0) is 0 Å². The molecule has 4 aliphatic carbocycles. The van der Waals surface area contributed by atoms with Crippen LogP contribution in [0, 0.1) is 34.5 Å². The van der Waals surface area contributed by atoms with Crippen molar-refractivity contribution in [1.29, 1.82) is 0 Å². The molecule has 3 N–H and O–H groups in total. The average Bonchev–Trinajstić information content (AvgIpc) is 2.94. The van der Waals surface area contributed by atoms with Gasteiger partial charge in [0, 0.05) is 5.71 Å². The molecule has 4 saturated carbocycles. The second-order valence-electron chi connectivity index (χ2n) is 9.60. The van der Waals surface area contributed by atoms with Crippen molar-refractivity contribution in [3.05, 3.63) is 0 Å². The van der Waals surface area contributed by atoms with Crippen molar-refractivity contribution in [3.8, 4) is 0 Å². The molecule has 0 aromatic rings. The quantitative estimate of drug-likeness (QED) is 0.685. The van der Waals surface area contributed by atoms with Crippen LogP contribution in [0.4, 0.5) is 4.79 Å². The zero-order valence-corrected chi connectivity index (χ0v) is 15.3. The van der Waals surface area contributed by atoms with Crippen LogP contribution in [0.2, 0.25) is 0 Å². The van der Waals surface area contributed by atoms with Crippen LogP contribution in [0.5, 0.6) is 0 Å². The Kier molecular flexibility index (Phi) is 3.92. The molecule has 0 unspecified atom stereocenters. The maximum absolute atomic E-state index is 10.9. The van der Waals surface area contributed by atoms with Gasteiger partial charge in [-0.1, -0.05) is 20.3 Å². The van der Waals surface area contributed by atoms with Crippen molar-refractivity contribution in [2.45, 2.75) is 78.1 Å². The Morgan fingerprint density at radius 3 is 2.75 bits per heavy atom. The van der Waals surface area contributed by atoms with E-state index in [-0.39, 0.29) is 0 Å². The van der Waals surface area contributed by atoms with Crippen LogP contribution in [0.1, 0.15) is 78.1 Å². The average molecular weight is 332 g/mol. The molecule has 2 amide bonds. The number of nitrogens with zero attached hydrogens (tertiary/aromatic N) is 1. The summed E-state index contributed by atoms with van der Waals surface area (Å²) in [4.78, 5) is 10.9. The predicted octanol–water partition coefficient (Wildman–Crippen LogP) is 4.44. The van der Waals surface area contributed by atoms with E-state index in [0.717, 1.165) is 42.2 Å². The van der Waals surface area contributed by atoms with Crippen LogP contribution in [0.15, 0.2) is 5.10 Å². The number of primary amides is 1. The molecule has 0 radical (unpaired) electrons. The number of rotatable bonds is 1. The summed E-state index contributed by atoms with van der Waals surface area (Å²) >= 11 is 0. The van der Waals surface area contributed by atoms with Gasteiger partial charge < -0.3 is 5.73 Å². The number of urea groups is 1. The maximum Gasteiger partial charge on any atom is 0.332 e. The summed E-state index contributed by atoms with van der Waals surface area (Å²) in [5, 5.41) is 4.27. The van der Waals surface area contributed by atoms with Crippen molar-refractivity contribution < 1.29 is 4.79 Å². The van der Waals surface area contributed by atoms with Crippen molar-refractivity contribution in [3.63, 3.8) is 0 Å². The Morgan fingerprint density at radius 2 is 1.96 bits per heavy atom. The molecular formula is C20H33N3O. The topological polar surface area (TPSA) is 67.5 Å². The minimum Gasteiger partial charge on any atom is -0.350 e. The van der Waals surface area contributed by atoms with Gasteiger partial charge in [0.1, 0.15) is 0 Å². The molecular weight excluding hydrogens is 298 g/mol. The molecule has 4 aliphatic rings. The van der Waals surface area contributed by atoms with Crippen LogP contribution >= 0.6 is 0 Å². The number of hydrogen-bond acceptors (Lipinski definition) is 2. The third-order valence-electron chi connectivity index (χ3n) is 8.60. The fourth-order valence-corrected chi connectivity index (χ4v) is 7.29. The van der Waals surface area contributed by atoms with Crippen LogP contribution < -0.4 is 11.2 Å². The van der Waals surface area contributed by atoms with Gasteiger partial charge in [-0.25, -0.2) is 10.2 Å². The van der Waals surface area contributed by atoms with Gasteiger partial charge in [-0.05, 0) is 92.3 Å². The van der Waals surface area contributed by atoms with E-state index in [1.807, 2.05) is 0 Å². The van der Waals surface area contributed by atoms with Gasteiger partial charge in [0.25, 0.3) is 0 Å². The first-order valence-electron chi connectivity index (χ1n) is 10.0. The number of hydrazone groups is 1. The number of nitrogens with two attached hydrogens (primary N) is 1. The number of fused-ring (bicyclic) bond motifs is 5. The third kappa shape index (κ3) is 2.48. The molecule has 0 aliphatic heterocycles. The summed E-state index contributed by atoms with van der Waals surface area (Å²) in [5.41, 5.74) is 9.89. The molecule has 24 heavy (non-hydrogen) atoms. The lowest BCUT2D eigenvalue weighted by atomic mass is 9.45. The fraction of sp³-hybridized carbons (Fsp3) is 0.900. The van der Waals surface area contributed by atoms with Gasteiger partial charge in [0.15, 0.2) is 0 Å². The molecule has 6 atom stereocenters. The van der Waals surface area contributed by atoms with Gasteiger partial charge in [-0.3, -0.25) is 0 Å². The molecule has 4 rings (SSSR count). The molecule has 0 heterocycles. The lowest BCUT2D eigenvalue weighted by molar-refractivity contribution is -0.0919. The van der Waals surface area contributed by atoms with Crippen LogP contribution in [0.25, 0.3) is 0 Å². The number of nitrogens with one attached hydrogen (secondary N) is 1. The first-order chi connectivity index (χ1) is 11.4. The highest BCUT2D eigenvalue weighted by molar-refractivity contribution is 5.87. The lowest BCUT2D eigenvalue weighted by Gasteiger charge is -2.60. The summed E-state index contributed by atoms with van der Waals surface area (Å²) in [6, 6.07) is -0.549. The monoisotopic (exact) mass is 331 g/mol. The van der Waals surface area contributed by atoms with E-state index in [4.69, 9.17) is 5.73 Å². The van der Waals surface area contributed by atoms with Crippen molar-refractivity contribution in [1.82, 2.24) is 5.43 Å². The molecule has 0 aromatic carbocycles. The van der Waals surface area contributed by atoms with Crippen molar-refractivity contribution in [2.24, 2.45) is 45.3 Å². The smallest absolute Gasteiger partial charge is 0.332 e. The van der Waals surface area contributed by atoms with E-state index < -0.39 is 6.03 Å². The maximum atomic E-state index is 10.9. The molecule has 0 bridgehead atoms. The Hall–Kier alpha value is -1.06. The summed E-state index contributed by atoms with van der Waals surface area (Å²) in [6.07, 6.45) is 13.4. The summed E-state index contributed by atoms with van der Waals surface area (Å²) < 4.78 is 0. The zero-order valence-electron chi connectivity index (χ0n) is 15.3. The van der Waals surface area contributed by atoms with Gasteiger partial charge in [-0.15, -0.1) is 0 Å². The van der Waals surface area contributed by atoms with E-state index in [2.05, 4.69) is 24.4 Å². The Balaban J connectivity index is 1.52. The van der Waals surface area contributed by atoms with Crippen molar-refractivity contribution >= 4 is 11.7 Å². The molecule has 4 heteroatoms. The first-order valence-corrected chi connectivity index (χ1v) is 10.0. The molecule has 0 spiro atoms. The van der Waals surface area contributed by atoms with Gasteiger partial charge in [0.2, 0.25) is 0 Å². The van der Waals surface area contributed by atoms with Gasteiger partial charge in [0.05, 0.1) is 0 Å². The number of carbonyl (C=O) groups excluding carboxylic acids is 1. The fourth-order valence-electron chi connectivity index (χ4n) is 7.29. The summed E-state index contributed by atoms with van der Waals surface area (Å²) in [7, 11) is 0. The van der Waals surface area contributed by atoms with Crippen LogP contribution in [-0.4, -0.2) is 11.7 Å². The summed E-state index contributed by atoms with van der Waals surface area (Å²) in [5.74, 6) is 3.61. The molecule has 0 aromatic heterocycles.